The average Bonchev–Trinajstić information content (AvgIpc) is 2.95. The molecule has 1 amide bonds. The summed E-state index contributed by atoms with van der Waals surface area (Å²) in [4.78, 5) is 24.3. The second-order valence-corrected chi connectivity index (χ2v) is 5.60. The van der Waals surface area contributed by atoms with E-state index in [2.05, 4.69) is 15.5 Å². The maximum absolute atomic E-state index is 12.6. The van der Waals surface area contributed by atoms with E-state index in [0.717, 1.165) is 10.9 Å². The van der Waals surface area contributed by atoms with E-state index in [0.29, 0.717) is 24.3 Å². The molecule has 1 aliphatic rings. The van der Waals surface area contributed by atoms with Crippen molar-refractivity contribution in [3.8, 4) is 0 Å². The highest BCUT2D eigenvalue weighted by atomic mass is 16.5. The number of hydrogen-bond donors (Lipinski definition) is 3. The largest absolute Gasteiger partial charge is 0.480 e. The third-order valence-electron chi connectivity index (χ3n) is 4.05. The number of amides is 1. The van der Waals surface area contributed by atoms with E-state index < -0.39 is 17.4 Å². The van der Waals surface area contributed by atoms with Gasteiger partial charge in [-0.05, 0) is 24.6 Å². The van der Waals surface area contributed by atoms with E-state index in [-0.39, 0.29) is 12.8 Å². The lowest BCUT2D eigenvalue weighted by Gasteiger charge is -2.33. The SMILES string of the molecule is Cc1cc(C(=O)NC2(C(=O)O)CCOCC2)c2[nH]ncc2c1. The molecule has 116 valence electrons. The average molecular weight is 303 g/mol. The monoisotopic (exact) mass is 303 g/mol. The Morgan fingerprint density at radius 3 is 2.77 bits per heavy atom. The molecule has 1 saturated heterocycles. The maximum Gasteiger partial charge on any atom is 0.329 e. The van der Waals surface area contributed by atoms with Crippen molar-refractivity contribution in [2.45, 2.75) is 25.3 Å². The number of nitrogens with zero attached hydrogens (tertiary/aromatic N) is 1. The maximum atomic E-state index is 12.6. The molecule has 1 fully saturated rings. The summed E-state index contributed by atoms with van der Waals surface area (Å²) in [5.74, 6) is -1.44. The highest BCUT2D eigenvalue weighted by molar-refractivity contribution is 6.07. The Hall–Kier alpha value is -2.41. The first-order valence-corrected chi connectivity index (χ1v) is 7.09. The highest BCUT2D eigenvalue weighted by Gasteiger charge is 2.42. The first kappa shape index (κ1) is 14.5. The number of nitrogens with one attached hydrogen (secondary N) is 2. The summed E-state index contributed by atoms with van der Waals surface area (Å²) in [5.41, 5.74) is 0.650. The second-order valence-electron chi connectivity index (χ2n) is 5.60. The molecule has 7 heteroatoms. The predicted octanol–water partition coefficient (Wildman–Crippen LogP) is 1.23. The van der Waals surface area contributed by atoms with Crippen LogP contribution in [0.1, 0.15) is 28.8 Å². The molecule has 0 bridgehead atoms. The zero-order valence-electron chi connectivity index (χ0n) is 12.2. The Labute approximate surface area is 126 Å². The van der Waals surface area contributed by atoms with Crippen LogP contribution in [0.5, 0.6) is 0 Å². The van der Waals surface area contributed by atoms with Crippen LogP contribution in [0.3, 0.4) is 0 Å². The van der Waals surface area contributed by atoms with Gasteiger partial charge in [-0.3, -0.25) is 9.89 Å². The Bertz CT molecular complexity index is 731. The Kier molecular flexibility index (Phi) is 3.58. The van der Waals surface area contributed by atoms with E-state index in [1.807, 2.05) is 13.0 Å². The lowest BCUT2D eigenvalue weighted by Crippen LogP contribution is -2.57. The number of benzene rings is 1. The number of H-pyrrole nitrogens is 1. The summed E-state index contributed by atoms with van der Waals surface area (Å²) in [7, 11) is 0. The van der Waals surface area contributed by atoms with Crippen LogP contribution in [0.15, 0.2) is 18.3 Å². The smallest absolute Gasteiger partial charge is 0.329 e. The fourth-order valence-electron chi connectivity index (χ4n) is 2.78. The molecule has 0 saturated carbocycles. The van der Waals surface area contributed by atoms with Gasteiger partial charge < -0.3 is 15.2 Å². The van der Waals surface area contributed by atoms with Crippen LogP contribution >= 0.6 is 0 Å². The lowest BCUT2D eigenvalue weighted by molar-refractivity contribution is -0.148. The van der Waals surface area contributed by atoms with Crippen LogP contribution in [0.4, 0.5) is 0 Å². The van der Waals surface area contributed by atoms with Gasteiger partial charge in [0, 0.05) is 31.4 Å². The normalized spacial score (nSPS) is 17.3. The third kappa shape index (κ3) is 2.43. The molecule has 3 rings (SSSR count). The number of rotatable bonds is 3. The number of carbonyl (C=O) groups is 2. The molecule has 22 heavy (non-hydrogen) atoms. The van der Waals surface area contributed by atoms with Crippen molar-refractivity contribution in [2.24, 2.45) is 0 Å². The quantitative estimate of drug-likeness (QED) is 0.791. The summed E-state index contributed by atoms with van der Waals surface area (Å²) >= 11 is 0. The number of carboxylic acids is 1. The molecular weight excluding hydrogens is 286 g/mol. The Balaban J connectivity index is 1.95. The molecule has 0 unspecified atom stereocenters. The van der Waals surface area contributed by atoms with Gasteiger partial charge in [-0.1, -0.05) is 0 Å². The standard InChI is InChI=1S/C15H17N3O4/c1-9-6-10-8-16-18-12(10)11(7-9)13(19)17-15(14(20)21)2-4-22-5-3-15/h6-8H,2-5H2,1H3,(H,16,18)(H,17,19)(H,20,21). The van der Waals surface area contributed by atoms with E-state index in [1.165, 1.54) is 0 Å². The van der Waals surface area contributed by atoms with Crippen molar-refractivity contribution in [2.75, 3.05) is 13.2 Å². The predicted molar refractivity (Wildman–Crippen MR) is 78.7 cm³/mol. The van der Waals surface area contributed by atoms with Gasteiger partial charge >= 0.3 is 5.97 Å². The van der Waals surface area contributed by atoms with Gasteiger partial charge in [0.15, 0.2) is 0 Å². The van der Waals surface area contributed by atoms with Gasteiger partial charge in [-0.15, -0.1) is 0 Å². The molecular formula is C15H17N3O4. The molecule has 2 aromatic rings. The van der Waals surface area contributed by atoms with Gasteiger partial charge in [0.25, 0.3) is 5.91 Å². The van der Waals surface area contributed by atoms with Crippen LogP contribution in [0.25, 0.3) is 10.9 Å². The fourth-order valence-corrected chi connectivity index (χ4v) is 2.78. The van der Waals surface area contributed by atoms with Crippen LogP contribution < -0.4 is 5.32 Å². The van der Waals surface area contributed by atoms with Crippen molar-refractivity contribution in [3.05, 3.63) is 29.5 Å². The van der Waals surface area contributed by atoms with Gasteiger partial charge in [-0.2, -0.15) is 5.10 Å². The molecule has 1 aromatic heterocycles. The number of carbonyl (C=O) groups excluding carboxylic acids is 1. The second kappa shape index (κ2) is 5.42. The summed E-state index contributed by atoms with van der Waals surface area (Å²) in [6.45, 7) is 2.52. The molecule has 1 aliphatic heterocycles. The minimum atomic E-state index is -1.27. The van der Waals surface area contributed by atoms with Gasteiger partial charge in [-0.25, -0.2) is 4.79 Å². The molecule has 1 aromatic carbocycles. The molecule has 3 N–H and O–H groups in total. The molecule has 2 heterocycles. The number of aliphatic carboxylic acids is 1. The van der Waals surface area contributed by atoms with Crippen molar-refractivity contribution in [1.82, 2.24) is 15.5 Å². The minimum Gasteiger partial charge on any atom is -0.480 e. The number of carboxylic acid groups (broad SMARTS) is 1. The fraction of sp³-hybridized carbons (Fsp3) is 0.400. The van der Waals surface area contributed by atoms with E-state index in [1.54, 1.807) is 12.3 Å². The number of hydrogen-bond acceptors (Lipinski definition) is 4. The van der Waals surface area contributed by atoms with E-state index in [9.17, 15) is 14.7 Å². The van der Waals surface area contributed by atoms with Gasteiger partial charge in [0.05, 0.1) is 17.3 Å². The molecule has 0 spiro atoms. The van der Waals surface area contributed by atoms with Crippen LogP contribution in [-0.4, -0.2) is 45.9 Å². The first-order valence-electron chi connectivity index (χ1n) is 7.09. The Morgan fingerprint density at radius 2 is 2.09 bits per heavy atom. The molecule has 0 radical (unpaired) electrons. The van der Waals surface area contributed by atoms with Crippen molar-refractivity contribution in [3.63, 3.8) is 0 Å². The van der Waals surface area contributed by atoms with Crippen molar-refractivity contribution < 1.29 is 19.4 Å². The zero-order chi connectivity index (χ0) is 15.7. The molecule has 0 aliphatic carbocycles. The number of fused-ring (bicyclic) bond motifs is 1. The molecule has 0 atom stereocenters. The van der Waals surface area contributed by atoms with Crippen molar-refractivity contribution >= 4 is 22.8 Å². The summed E-state index contributed by atoms with van der Waals surface area (Å²) in [6.07, 6.45) is 2.15. The first-order chi connectivity index (χ1) is 10.5. The zero-order valence-corrected chi connectivity index (χ0v) is 12.2. The topological polar surface area (TPSA) is 104 Å². The number of aromatic amines is 1. The number of ether oxygens (including phenoxy) is 1. The minimum absolute atomic E-state index is 0.256. The summed E-state index contributed by atoms with van der Waals surface area (Å²) < 4.78 is 5.21. The van der Waals surface area contributed by atoms with Crippen molar-refractivity contribution in [1.29, 1.82) is 0 Å². The lowest BCUT2D eigenvalue weighted by atomic mass is 9.89. The summed E-state index contributed by atoms with van der Waals surface area (Å²) in [5, 5.41) is 19.8. The van der Waals surface area contributed by atoms with Gasteiger partial charge in [0.2, 0.25) is 0 Å². The van der Waals surface area contributed by atoms with Gasteiger partial charge in [0.1, 0.15) is 5.54 Å². The molecule has 7 nitrogen and oxygen atoms in total. The van der Waals surface area contributed by atoms with Crippen LogP contribution in [-0.2, 0) is 9.53 Å². The van der Waals surface area contributed by atoms with E-state index in [4.69, 9.17) is 4.74 Å². The third-order valence-corrected chi connectivity index (χ3v) is 4.05. The van der Waals surface area contributed by atoms with E-state index >= 15 is 0 Å². The number of aryl methyl sites for hydroxylation is 1. The highest BCUT2D eigenvalue weighted by Crippen LogP contribution is 2.24. The van der Waals surface area contributed by atoms with Crippen LogP contribution in [0, 0.1) is 6.92 Å². The van der Waals surface area contributed by atoms with Crippen LogP contribution in [0.2, 0.25) is 0 Å². The summed E-state index contributed by atoms with van der Waals surface area (Å²) in [6, 6.07) is 3.64. The number of aromatic nitrogens is 2. The Morgan fingerprint density at radius 1 is 1.36 bits per heavy atom.